The number of hydrogen-bond acceptors (Lipinski definition) is 7. The van der Waals surface area contributed by atoms with Crippen LogP contribution in [0.3, 0.4) is 0 Å². The number of aromatic nitrogens is 2. The Hall–Kier alpha value is -3.56. The van der Waals surface area contributed by atoms with Crippen LogP contribution >= 0.6 is 0 Å². The minimum absolute atomic E-state index is 0.187. The molecule has 4 aromatic rings. The summed E-state index contributed by atoms with van der Waals surface area (Å²) in [7, 11) is 0. The number of nitrogens with one attached hydrogen (secondary N) is 2. The first-order valence-electron chi connectivity index (χ1n) is 14.0. The second-order valence-corrected chi connectivity index (χ2v) is 9.59. The quantitative estimate of drug-likeness (QED) is 0.201. The summed E-state index contributed by atoms with van der Waals surface area (Å²) in [6.07, 6.45) is -0.925. The van der Waals surface area contributed by atoms with E-state index in [2.05, 4.69) is 39.8 Å². The molecule has 3 aromatic carbocycles. The van der Waals surface area contributed by atoms with Gasteiger partial charge in [0.2, 0.25) is 0 Å². The molecule has 0 bridgehead atoms. The summed E-state index contributed by atoms with van der Waals surface area (Å²) in [6, 6.07) is 22.1. The van der Waals surface area contributed by atoms with Crippen LogP contribution in [0.1, 0.15) is 80.2 Å². The highest BCUT2D eigenvalue weighted by atomic mass is 16.7. The average molecular weight is 544 g/mol. The van der Waals surface area contributed by atoms with E-state index in [-0.39, 0.29) is 17.5 Å². The number of anilines is 1. The molecule has 5 rings (SSSR count). The van der Waals surface area contributed by atoms with Crippen LogP contribution in [0.4, 0.5) is 5.69 Å². The number of nitrogens with zero attached hydrogens (tertiary/aromatic N) is 1. The van der Waals surface area contributed by atoms with Crippen LogP contribution in [0, 0.1) is 0 Å². The van der Waals surface area contributed by atoms with Crippen LogP contribution in [0.5, 0.6) is 0 Å². The molecule has 210 valence electrons. The summed E-state index contributed by atoms with van der Waals surface area (Å²) in [5.41, 5.74) is 5.45. The van der Waals surface area contributed by atoms with E-state index in [1.165, 1.54) is 0 Å². The highest BCUT2D eigenvalue weighted by Crippen LogP contribution is 2.47. The predicted molar refractivity (Wildman–Crippen MR) is 155 cm³/mol. The summed E-state index contributed by atoms with van der Waals surface area (Å²) >= 11 is 0. The molecular formula is C32H37N3O5. The highest BCUT2D eigenvalue weighted by Gasteiger charge is 2.35. The molecule has 0 saturated heterocycles. The fourth-order valence-electron chi connectivity index (χ4n) is 5.51. The monoisotopic (exact) mass is 543 g/mol. The summed E-state index contributed by atoms with van der Waals surface area (Å²) in [5, 5.41) is 12.6. The Labute approximate surface area is 234 Å². The second kappa shape index (κ2) is 12.7. The maximum absolute atomic E-state index is 12.7. The zero-order valence-electron chi connectivity index (χ0n) is 23.5. The maximum atomic E-state index is 12.7. The van der Waals surface area contributed by atoms with E-state index >= 15 is 0 Å². The third-order valence-electron chi connectivity index (χ3n) is 7.14. The molecule has 8 nitrogen and oxygen atoms in total. The number of ether oxygens (including phenoxy) is 4. The lowest BCUT2D eigenvalue weighted by Crippen LogP contribution is -2.28. The Bertz CT molecular complexity index is 1490. The molecule has 8 heteroatoms. The van der Waals surface area contributed by atoms with Crippen LogP contribution in [-0.2, 0) is 18.9 Å². The molecule has 2 atom stereocenters. The molecule has 0 radical (unpaired) electrons. The van der Waals surface area contributed by atoms with E-state index in [1.807, 2.05) is 70.2 Å². The van der Waals surface area contributed by atoms with Crippen LogP contribution in [-0.4, -0.2) is 36.6 Å². The molecule has 2 N–H and O–H groups in total. The summed E-state index contributed by atoms with van der Waals surface area (Å²) in [5.74, 6) is -0.217. The molecule has 0 aliphatic carbocycles. The van der Waals surface area contributed by atoms with Crippen molar-refractivity contribution in [1.29, 1.82) is 0 Å². The summed E-state index contributed by atoms with van der Waals surface area (Å²) in [6.45, 7) is 9.99. The Balaban J connectivity index is 1.67. The molecule has 0 spiro atoms. The predicted octanol–water partition coefficient (Wildman–Crippen LogP) is 6.37. The molecule has 0 saturated carbocycles. The maximum Gasteiger partial charge on any atom is 0.272 e. The van der Waals surface area contributed by atoms with Gasteiger partial charge in [0.15, 0.2) is 12.6 Å². The van der Waals surface area contributed by atoms with Gasteiger partial charge >= 0.3 is 0 Å². The Morgan fingerprint density at radius 2 is 1.30 bits per heavy atom. The molecule has 2 unspecified atom stereocenters. The van der Waals surface area contributed by atoms with Crippen molar-refractivity contribution < 1.29 is 18.9 Å². The van der Waals surface area contributed by atoms with Crippen molar-refractivity contribution in [2.24, 2.45) is 0 Å². The van der Waals surface area contributed by atoms with E-state index < -0.39 is 12.6 Å². The zero-order valence-corrected chi connectivity index (χ0v) is 23.5. The van der Waals surface area contributed by atoms with Crippen LogP contribution in [0.15, 0.2) is 71.5 Å². The summed E-state index contributed by atoms with van der Waals surface area (Å²) in [4.78, 5) is 12.7. The number of aromatic amines is 1. The van der Waals surface area contributed by atoms with E-state index in [0.717, 1.165) is 39.0 Å². The minimum Gasteiger partial charge on any atom is -0.377 e. The first-order valence-corrected chi connectivity index (χ1v) is 14.0. The molecule has 0 amide bonds. The van der Waals surface area contributed by atoms with Crippen molar-refractivity contribution in [3.8, 4) is 0 Å². The van der Waals surface area contributed by atoms with Crippen molar-refractivity contribution >= 4 is 16.5 Å². The van der Waals surface area contributed by atoms with Crippen LogP contribution in [0.2, 0.25) is 0 Å². The second-order valence-electron chi connectivity index (χ2n) is 9.59. The molecule has 1 aliphatic rings. The third kappa shape index (κ3) is 5.53. The van der Waals surface area contributed by atoms with E-state index in [1.54, 1.807) is 0 Å². The number of H-pyrrole nitrogens is 1. The van der Waals surface area contributed by atoms with Gasteiger partial charge in [-0.2, -0.15) is 5.10 Å². The van der Waals surface area contributed by atoms with Crippen molar-refractivity contribution in [3.05, 3.63) is 105 Å². The summed E-state index contributed by atoms with van der Waals surface area (Å²) < 4.78 is 23.6. The fourth-order valence-corrected chi connectivity index (χ4v) is 5.51. The number of benzene rings is 3. The van der Waals surface area contributed by atoms with Gasteiger partial charge in [-0.15, -0.1) is 0 Å². The number of rotatable bonds is 12. The van der Waals surface area contributed by atoms with Crippen LogP contribution < -0.4 is 10.9 Å². The lowest BCUT2D eigenvalue weighted by Gasteiger charge is -2.35. The SMILES string of the molecule is CCOC(OCC)c1cccc(C2Nc3cccc4c(=O)[nH]nc(c34)C2c2cccc(C(OCC)OCC)c2)c1. The van der Waals surface area contributed by atoms with Crippen molar-refractivity contribution in [2.45, 2.75) is 52.2 Å². The van der Waals surface area contributed by atoms with Gasteiger partial charge in [0.25, 0.3) is 5.56 Å². The first kappa shape index (κ1) is 28.0. The lowest BCUT2D eigenvalue weighted by atomic mass is 9.79. The lowest BCUT2D eigenvalue weighted by molar-refractivity contribution is -0.140. The van der Waals surface area contributed by atoms with Crippen molar-refractivity contribution in [1.82, 2.24) is 10.2 Å². The Morgan fingerprint density at radius 3 is 1.90 bits per heavy atom. The van der Waals surface area contributed by atoms with Gasteiger partial charge in [0.05, 0.1) is 23.0 Å². The largest absolute Gasteiger partial charge is 0.377 e. The smallest absolute Gasteiger partial charge is 0.272 e. The topological polar surface area (TPSA) is 94.7 Å². The third-order valence-corrected chi connectivity index (χ3v) is 7.14. The van der Waals surface area contributed by atoms with Gasteiger partial charge in [-0.05, 0) is 63.1 Å². The van der Waals surface area contributed by atoms with Crippen LogP contribution in [0.25, 0.3) is 10.8 Å². The van der Waals surface area contributed by atoms with Gasteiger partial charge in [0, 0.05) is 48.6 Å². The first-order chi connectivity index (χ1) is 19.6. The van der Waals surface area contributed by atoms with E-state index in [9.17, 15) is 4.79 Å². The molecule has 1 aliphatic heterocycles. The highest BCUT2D eigenvalue weighted by molar-refractivity contribution is 5.97. The van der Waals surface area contributed by atoms with Crippen molar-refractivity contribution in [3.63, 3.8) is 0 Å². The van der Waals surface area contributed by atoms with E-state index in [0.29, 0.717) is 31.8 Å². The number of hydrogen-bond donors (Lipinski definition) is 2. The van der Waals surface area contributed by atoms with Gasteiger partial charge in [-0.25, -0.2) is 5.10 Å². The van der Waals surface area contributed by atoms with Gasteiger partial charge in [-0.1, -0.05) is 42.5 Å². The molecular weight excluding hydrogens is 506 g/mol. The standard InChI is InChI=1S/C32H37N3O5/c1-5-37-31(38-6-2)22-14-9-12-20(18-22)26-28(21-13-10-15-23(19-21)32(39-7-3)40-8-4)33-25-17-11-16-24-27(25)29(26)34-35-30(24)36/h9-19,26,28,31-33H,5-8H2,1-4H3,(H,35,36). The minimum atomic E-state index is -0.470. The van der Waals surface area contributed by atoms with Gasteiger partial charge in [-0.3, -0.25) is 4.79 Å². The molecule has 0 fully saturated rings. The Kier molecular flexibility index (Phi) is 8.91. The average Bonchev–Trinajstić information content (AvgIpc) is 2.98. The van der Waals surface area contributed by atoms with E-state index in [4.69, 9.17) is 18.9 Å². The molecule has 40 heavy (non-hydrogen) atoms. The van der Waals surface area contributed by atoms with Gasteiger partial charge < -0.3 is 24.3 Å². The molecule has 1 aromatic heterocycles. The normalized spacial score (nSPS) is 16.6. The van der Waals surface area contributed by atoms with Gasteiger partial charge in [0.1, 0.15) is 0 Å². The van der Waals surface area contributed by atoms with Crippen molar-refractivity contribution in [2.75, 3.05) is 31.7 Å². The Morgan fingerprint density at radius 1 is 0.750 bits per heavy atom. The fraction of sp³-hybridized carbons (Fsp3) is 0.375. The zero-order chi connectivity index (χ0) is 28.1. The molecule has 2 heterocycles.